The van der Waals surface area contributed by atoms with Gasteiger partial charge in [0, 0.05) is 43.1 Å². The number of aromatic nitrogens is 4. The normalized spacial score (nSPS) is 16.9. The number of nitrogens with one attached hydrogen (secondary N) is 1. The van der Waals surface area contributed by atoms with E-state index in [0.29, 0.717) is 5.95 Å². The number of nitrogens with zero attached hydrogens (tertiary/aromatic N) is 5. The van der Waals surface area contributed by atoms with Gasteiger partial charge in [0.05, 0.1) is 11.7 Å². The Balaban J connectivity index is 1.40. The van der Waals surface area contributed by atoms with Crippen molar-refractivity contribution in [3.05, 3.63) is 78.1 Å². The number of halogens is 1. The maximum absolute atomic E-state index is 13.9. The van der Waals surface area contributed by atoms with Crippen LogP contribution in [0.2, 0.25) is 0 Å². The predicted octanol–water partition coefficient (Wildman–Crippen LogP) is 4.58. The SMILES string of the molecule is Cn1cc(CN2CCC[C@H]2c2cccc(Nc3ncccn3)n2)c2cc(F)ccc21. The van der Waals surface area contributed by atoms with Gasteiger partial charge in [0.1, 0.15) is 11.6 Å². The largest absolute Gasteiger partial charge is 0.350 e. The molecule has 0 bridgehead atoms. The van der Waals surface area contributed by atoms with E-state index in [1.807, 2.05) is 25.2 Å². The Morgan fingerprint density at radius 1 is 1.13 bits per heavy atom. The molecular weight excluding hydrogens is 379 g/mol. The molecule has 0 amide bonds. The summed E-state index contributed by atoms with van der Waals surface area (Å²) >= 11 is 0. The van der Waals surface area contributed by atoms with Gasteiger partial charge < -0.3 is 9.88 Å². The van der Waals surface area contributed by atoms with E-state index in [0.717, 1.165) is 53.9 Å². The highest BCUT2D eigenvalue weighted by Gasteiger charge is 2.28. The smallest absolute Gasteiger partial charge is 0.228 e. The second-order valence-corrected chi connectivity index (χ2v) is 7.70. The Bertz CT molecular complexity index is 1170. The molecule has 0 radical (unpaired) electrons. The predicted molar refractivity (Wildman–Crippen MR) is 115 cm³/mol. The van der Waals surface area contributed by atoms with E-state index in [1.54, 1.807) is 24.5 Å². The molecule has 1 N–H and O–H groups in total. The van der Waals surface area contributed by atoms with Crippen LogP contribution in [-0.2, 0) is 13.6 Å². The fourth-order valence-electron chi connectivity index (χ4n) is 4.33. The minimum Gasteiger partial charge on any atom is -0.350 e. The molecule has 5 rings (SSSR count). The van der Waals surface area contributed by atoms with Gasteiger partial charge in [-0.05, 0) is 61.3 Å². The van der Waals surface area contributed by atoms with Crippen LogP contribution in [0.25, 0.3) is 10.9 Å². The van der Waals surface area contributed by atoms with E-state index in [9.17, 15) is 4.39 Å². The zero-order valence-corrected chi connectivity index (χ0v) is 16.8. The van der Waals surface area contributed by atoms with Gasteiger partial charge in [0.15, 0.2) is 0 Å². The fourth-order valence-corrected chi connectivity index (χ4v) is 4.33. The first kappa shape index (κ1) is 18.7. The second-order valence-electron chi connectivity index (χ2n) is 7.70. The van der Waals surface area contributed by atoms with E-state index in [2.05, 4.69) is 37.0 Å². The molecule has 1 saturated heterocycles. The zero-order valence-electron chi connectivity index (χ0n) is 16.8. The van der Waals surface area contributed by atoms with Crippen LogP contribution in [0.5, 0.6) is 0 Å². The number of pyridine rings is 1. The van der Waals surface area contributed by atoms with Crippen LogP contribution in [0, 0.1) is 5.82 Å². The summed E-state index contributed by atoms with van der Waals surface area (Å²) in [5.41, 5.74) is 3.22. The number of fused-ring (bicyclic) bond motifs is 1. The van der Waals surface area contributed by atoms with Crippen LogP contribution in [0.1, 0.15) is 30.1 Å². The van der Waals surface area contributed by atoms with Crippen LogP contribution in [0.4, 0.5) is 16.2 Å². The molecule has 1 aliphatic heterocycles. The summed E-state index contributed by atoms with van der Waals surface area (Å²) in [6.45, 7) is 1.77. The summed E-state index contributed by atoms with van der Waals surface area (Å²) in [7, 11) is 2.01. The van der Waals surface area contributed by atoms with Gasteiger partial charge in [0.25, 0.3) is 0 Å². The molecule has 1 atom stereocenters. The minimum absolute atomic E-state index is 0.198. The molecule has 152 valence electrons. The molecule has 1 aromatic carbocycles. The summed E-state index contributed by atoms with van der Waals surface area (Å²) in [5, 5.41) is 4.15. The highest BCUT2D eigenvalue weighted by Crippen LogP contribution is 2.34. The lowest BCUT2D eigenvalue weighted by Crippen LogP contribution is -2.23. The van der Waals surface area contributed by atoms with Crippen molar-refractivity contribution >= 4 is 22.7 Å². The third-order valence-electron chi connectivity index (χ3n) is 5.69. The number of rotatable bonds is 5. The molecule has 4 aromatic rings. The molecule has 7 heteroatoms. The van der Waals surface area contributed by atoms with Crippen molar-refractivity contribution in [3.8, 4) is 0 Å². The minimum atomic E-state index is -0.198. The van der Waals surface area contributed by atoms with Crippen molar-refractivity contribution in [2.24, 2.45) is 7.05 Å². The topological polar surface area (TPSA) is 58.9 Å². The average Bonchev–Trinajstić information content (AvgIpc) is 3.34. The molecule has 3 aromatic heterocycles. The molecule has 4 heterocycles. The van der Waals surface area contributed by atoms with Gasteiger partial charge in [-0.2, -0.15) is 0 Å². The maximum atomic E-state index is 13.9. The lowest BCUT2D eigenvalue weighted by molar-refractivity contribution is 0.245. The maximum Gasteiger partial charge on any atom is 0.228 e. The van der Waals surface area contributed by atoms with Crippen LogP contribution >= 0.6 is 0 Å². The van der Waals surface area contributed by atoms with Crippen molar-refractivity contribution in [2.45, 2.75) is 25.4 Å². The number of hydrogen-bond acceptors (Lipinski definition) is 5. The second kappa shape index (κ2) is 7.84. The molecule has 0 unspecified atom stereocenters. The van der Waals surface area contributed by atoms with E-state index in [4.69, 9.17) is 4.98 Å². The monoisotopic (exact) mass is 402 g/mol. The van der Waals surface area contributed by atoms with Crippen molar-refractivity contribution in [1.29, 1.82) is 0 Å². The highest BCUT2D eigenvalue weighted by molar-refractivity contribution is 5.84. The van der Waals surface area contributed by atoms with Crippen molar-refractivity contribution in [1.82, 2.24) is 24.4 Å². The standard InChI is InChI=1S/C23H23FN6/c1-29-14-16(18-13-17(24)8-9-20(18)29)15-30-12-3-6-21(30)19-5-2-7-22(27-19)28-23-25-10-4-11-26-23/h2,4-5,7-11,13-14,21H,3,6,12,15H2,1H3,(H,25,26,27,28)/t21-/m0/s1. The molecular formula is C23H23FN6. The molecule has 6 nitrogen and oxygen atoms in total. The Morgan fingerprint density at radius 2 is 2.00 bits per heavy atom. The van der Waals surface area contributed by atoms with E-state index >= 15 is 0 Å². The molecule has 1 fully saturated rings. The Morgan fingerprint density at radius 3 is 2.87 bits per heavy atom. The third-order valence-corrected chi connectivity index (χ3v) is 5.69. The van der Waals surface area contributed by atoms with Gasteiger partial charge in [-0.25, -0.2) is 19.3 Å². The first-order valence-electron chi connectivity index (χ1n) is 10.2. The first-order valence-corrected chi connectivity index (χ1v) is 10.2. The van der Waals surface area contributed by atoms with Crippen LogP contribution < -0.4 is 5.32 Å². The summed E-state index contributed by atoms with van der Waals surface area (Å²) < 4.78 is 15.9. The van der Waals surface area contributed by atoms with Crippen molar-refractivity contribution in [3.63, 3.8) is 0 Å². The third kappa shape index (κ3) is 3.64. The van der Waals surface area contributed by atoms with E-state index in [1.165, 1.54) is 6.07 Å². The van der Waals surface area contributed by atoms with Crippen molar-refractivity contribution < 1.29 is 4.39 Å². The lowest BCUT2D eigenvalue weighted by atomic mass is 10.1. The number of likely N-dealkylation sites (tertiary alicyclic amines) is 1. The number of hydrogen-bond donors (Lipinski definition) is 1. The summed E-state index contributed by atoms with van der Waals surface area (Å²) in [6.07, 6.45) is 7.68. The van der Waals surface area contributed by atoms with E-state index in [-0.39, 0.29) is 11.9 Å². The number of benzene rings is 1. The lowest BCUT2D eigenvalue weighted by Gasteiger charge is -2.24. The molecule has 0 spiro atoms. The fraction of sp³-hybridized carbons (Fsp3) is 0.261. The van der Waals surface area contributed by atoms with Gasteiger partial charge in [-0.3, -0.25) is 4.90 Å². The average molecular weight is 402 g/mol. The summed E-state index contributed by atoms with van der Waals surface area (Å²) in [5.74, 6) is 1.07. The Hall–Kier alpha value is -3.32. The summed E-state index contributed by atoms with van der Waals surface area (Å²) in [4.78, 5) is 15.7. The molecule has 30 heavy (non-hydrogen) atoms. The van der Waals surface area contributed by atoms with Crippen LogP contribution in [-0.4, -0.2) is 31.0 Å². The number of aryl methyl sites for hydroxylation is 1. The van der Waals surface area contributed by atoms with Crippen molar-refractivity contribution in [2.75, 3.05) is 11.9 Å². The molecule has 0 saturated carbocycles. The summed E-state index contributed by atoms with van der Waals surface area (Å²) in [6, 6.07) is 13.0. The van der Waals surface area contributed by atoms with Crippen LogP contribution in [0.3, 0.4) is 0 Å². The van der Waals surface area contributed by atoms with E-state index < -0.39 is 0 Å². The molecule has 1 aliphatic rings. The first-order chi connectivity index (χ1) is 14.7. The van der Waals surface area contributed by atoms with Gasteiger partial charge >= 0.3 is 0 Å². The number of anilines is 2. The zero-order chi connectivity index (χ0) is 20.5. The highest BCUT2D eigenvalue weighted by atomic mass is 19.1. The van der Waals surface area contributed by atoms with Gasteiger partial charge in [-0.15, -0.1) is 0 Å². The van der Waals surface area contributed by atoms with Gasteiger partial charge in [-0.1, -0.05) is 6.07 Å². The van der Waals surface area contributed by atoms with Crippen LogP contribution in [0.15, 0.2) is 61.1 Å². The Kier molecular flexibility index (Phi) is 4.88. The quantitative estimate of drug-likeness (QED) is 0.529. The van der Waals surface area contributed by atoms with Gasteiger partial charge in [0.2, 0.25) is 5.95 Å². The Labute approximate surface area is 174 Å². The molecule has 0 aliphatic carbocycles.